The van der Waals surface area contributed by atoms with Crippen LogP contribution in [0.15, 0.2) is 53.1 Å². The maximum Gasteiger partial charge on any atom is 0.136 e. The third kappa shape index (κ3) is 1.39. The summed E-state index contributed by atoms with van der Waals surface area (Å²) in [7, 11) is 0. The molecule has 2 heterocycles. The SMILES string of the molecule is Cc1ccc2cccc(-c3ccco3)c2n1. The minimum Gasteiger partial charge on any atom is -0.464 e. The van der Waals surface area contributed by atoms with E-state index in [9.17, 15) is 0 Å². The van der Waals surface area contributed by atoms with Crippen LogP contribution in [0.5, 0.6) is 0 Å². The molecule has 2 heteroatoms. The van der Waals surface area contributed by atoms with Crippen molar-refractivity contribution >= 4 is 10.9 Å². The van der Waals surface area contributed by atoms with Gasteiger partial charge in [-0.15, -0.1) is 0 Å². The smallest absolute Gasteiger partial charge is 0.136 e. The molecule has 0 saturated carbocycles. The second-order valence-corrected chi connectivity index (χ2v) is 3.81. The van der Waals surface area contributed by atoms with E-state index in [0.29, 0.717) is 0 Å². The maximum absolute atomic E-state index is 5.43. The summed E-state index contributed by atoms with van der Waals surface area (Å²) in [5, 5.41) is 1.14. The number of para-hydroxylation sites is 1. The number of fused-ring (bicyclic) bond motifs is 1. The molecule has 0 amide bonds. The third-order valence-electron chi connectivity index (χ3n) is 2.65. The fourth-order valence-corrected chi connectivity index (χ4v) is 1.88. The van der Waals surface area contributed by atoms with Gasteiger partial charge in [-0.1, -0.05) is 18.2 Å². The van der Waals surface area contributed by atoms with Crippen molar-refractivity contribution in [3.05, 3.63) is 54.4 Å². The highest BCUT2D eigenvalue weighted by atomic mass is 16.3. The van der Waals surface area contributed by atoms with Crippen LogP contribution in [0.4, 0.5) is 0 Å². The monoisotopic (exact) mass is 209 g/mol. The lowest BCUT2D eigenvalue weighted by atomic mass is 10.1. The first kappa shape index (κ1) is 9.16. The highest BCUT2D eigenvalue weighted by Gasteiger charge is 2.06. The quantitative estimate of drug-likeness (QED) is 0.609. The van der Waals surface area contributed by atoms with Crippen molar-refractivity contribution in [1.29, 1.82) is 0 Å². The fourth-order valence-electron chi connectivity index (χ4n) is 1.88. The molecule has 0 fully saturated rings. The van der Waals surface area contributed by atoms with Crippen molar-refractivity contribution in [2.75, 3.05) is 0 Å². The normalized spacial score (nSPS) is 10.8. The summed E-state index contributed by atoms with van der Waals surface area (Å²) < 4.78 is 5.43. The average Bonchev–Trinajstić information content (AvgIpc) is 2.81. The lowest BCUT2D eigenvalue weighted by molar-refractivity contribution is 0.583. The second kappa shape index (κ2) is 3.49. The van der Waals surface area contributed by atoms with Crippen molar-refractivity contribution in [2.24, 2.45) is 0 Å². The number of nitrogens with zero attached hydrogens (tertiary/aromatic N) is 1. The maximum atomic E-state index is 5.43. The van der Waals surface area contributed by atoms with E-state index >= 15 is 0 Å². The number of pyridine rings is 1. The standard InChI is InChI=1S/C14H11NO/c1-10-7-8-11-4-2-5-12(14(11)15-10)13-6-3-9-16-13/h2-9H,1H3. The summed E-state index contributed by atoms with van der Waals surface area (Å²) in [6.07, 6.45) is 1.68. The van der Waals surface area contributed by atoms with Crippen molar-refractivity contribution in [1.82, 2.24) is 4.98 Å². The predicted octanol–water partition coefficient (Wildman–Crippen LogP) is 3.80. The Bertz CT molecular complexity index is 626. The van der Waals surface area contributed by atoms with E-state index in [0.717, 1.165) is 27.9 Å². The number of aromatic nitrogens is 1. The van der Waals surface area contributed by atoms with Gasteiger partial charge in [0.2, 0.25) is 0 Å². The van der Waals surface area contributed by atoms with Crippen LogP contribution in [-0.4, -0.2) is 4.98 Å². The highest BCUT2D eigenvalue weighted by molar-refractivity contribution is 5.92. The Morgan fingerprint density at radius 3 is 2.75 bits per heavy atom. The Morgan fingerprint density at radius 1 is 1.00 bits per heavy atom. The molecule has 0 saturated heterocycles. The molecule has 0 unspecified atom stereocenters. The Balaban J connectivity index is 2.36. The molecule has 16 heavy (non-hydrogen) atoms. The zero-order valence-corrected chi connectivity index (χ0v) is 8.97. The first-order valence-corrected chi connectivity index (χ1v) is 5.25. The van der Waals surface area contributed by atoms with Gasteiger partial charge in [0.15, 0.2) is 0 Å². The molecule has 0 atom stereocenters. The molecular weight excluding hydrogens is 198 g/mol. The molecule has 3 aromatic rings. The lowest BCUT2D eigenvalue weighted by Crippen LogP contribution is -1.86. The predicted molar refractivity (Wildman–Crippen MR) is 64.2 cm³/mol. The molecule has 0 aliphatic heterocycles. The van der Waals surface area contributed by atoms with Crippen molar-refractivity contribution in [3.8, 4) is 11.3 Å². The summed E-state index contributed by atoms with van der Waals surface area (Å²) in [5.74, 6) is 0.865. The second-order valence-electron chi connectivity index (χ2n) is 3.81. The minimum absolute atomic E-state index is 0.865. The van der Waals surface area contributed by atoms with Crippen LogP contribution >= 0.6 is 0 Å². The molecule has 0 aliphatic rings. The number of hydrogen-bond acceptors (Lipinski definition) is 2. The number of rotatable bonds is 1. The number of aryl methyl sites for hydroxylation is 1. The van der Waals surface area contributed by atoms with E-state index < -0.39 is 0 Å². The Labute approximate surface area is 93.5 Å². The molecule has 0 bridgehead atoms. The van der Waals surface area contributed by atoms with E-state index in [-0.39, 0.29) is 0 Å². The van der Waals surface area contributed by atoms with E-state index in [4.69, 9.17) is 4.42 Å². The van der Waals surface area contributed by atoms with E-state index in [2.05, 4.69) is 17.1 Å². The highest BCUT2D eigenvalue weighted by Crippen LogP contribution is 2.27. The van der Waals surface area contributed by atoms with Gasteiger partial charge >= 0.3 is 0 Å². The zero-order chi connectivity index (χ0) is 11.0. The van der Waals surface area contributed by atoms with Crippen molar-refractivity contribution in [2.45, 2.75) is 6.92 Å². The largest absolute Gasteiger partial charge is 0.464 e. The molecule has 0 N–H and O–H groups in total. The molecule has 2 nitrogen and oxygen atoms in total. The molecule has 3 rings (SSSR count). The van der Waals surface area contributed by atoms with Crippen LogP contribution in [0.25, 0.3) is 22.2 Å². The van der Waals surface area contributed by atoms with Crippen LogP contribution in [0, 0.1) is 6.92 Å². The fraction of sp³-hybridized carbons (Fsp3) is 0.0714. The van der Waals surface area contributed by atoms with Gasteiger partial charge in [-0.05, 0) is 31.2 Å². The topological polar surface area (TPSA) is 26.0 Å². The van der Waals surface area contributed by atoms with Gasteiger partial charge < -0.3 is 4.42 Å². The Hall–Kier alpha value is -2.09. The number of hydrogen-bond donors (Lipinski definition) is 0. The van der Waals surface area contributed by atoms with Gasteiger partial charge in [0.1, 0.15) is 5.76 Å². The summed E-state index contributed by atoms with van der Waals surface area (Å²) in [6, 6.07) is 14.1. The van der Waals surface area contributed by atoms with Crippen LogP contribution in [0.1, 0.15) is 5.69 Å². The first-order chi connectivity index (χ1) is 7.84. The number of furan rings is 1. The van der Waals surface area contributed by atoms with Crippen LogP contribution in [0.2, 0.25) is 0 Å². The van der Waals surface area contributed by atoms with Crippen molar-refractivity contribution < 1.29 is 4.42 Å². The molecule has 78 valence electrons. The zero-order valence-electron chi connectivity index (χ0n) is 8.97. The van der Waals surface area contributed by atoms with Gasteiger partial charge in [-0.3, -0.25) is 4.98 Å². The molecule has 0 aliphatic carbocycles. The molecule has 2 aromatic heterocycles. The Morgan fingerprint density at radius 2 is 1.94 bits per heavy atom. The van der Waals surface area contributed by atoms with E-state index in [1.807, 2.05) is 37.3 Å². The van der Waals surface area contributed by atoms with Crippen LogP contribution in [0.3, 0.4) is 0 Å². The van der Waals surface area contributed by atoms with E-state index in [1.165, 1.54) is 0 Å². The summed E-state index contributed by atoms with van der Waals surface area (Å²) in [5.41, 5.74) is 3.06. The van der Waals surface area contributed by atoms with Crippen molar-refractivity contribution in [3.63, 3.8) is 0 Å². The van der Waals surface area contributed by atoms with Gasteiger partial charge in [0.25, 0.3) is 0 Å². The van der Waals surface area contributed by atoms with Gasteiger partial charge in [0, 0.05) is 16.6 Å². The molecule has 1 aromatic carbocycles. The number of benzene rings is 1. The molecule has 0 spiro atoms. The molecule has 0 radical (unpaired) electrons. The van der Waals surface area contributed by atoms with E-state index in [1.54, 1.807) is 6.26 Å². The average molecular weight is 209 g/mol. The van der Waals surface area contributed by atoms with Gasteiger partial charge in [-0.25, -0.2) is 0 Å². The van der Waals surface area contributed by atoms with Crippen LogP contribution < -0.4 is 0 Å². The molecular formula is C14H11NO. The lowest BCUT2D eigenvalue weighted by Gasteiger charge is -2.03. The Kier molecular flexibility index (Phi) is 2.00. The van der Waals surface area contributed by atoms with Crippen LogP contribution in [-0.2, 0) is 0 Å². The summed E-state index contributed by atoms with van der Waals surface area (Å²) in [6.45, 7) is 2.00. The van der Waals surface area contributed by atoms with Gasteiger partial charge in [0.05, 0.1) is 11.8 Å². The summed E-state index contributed by atoms with van der Waals surface area (Å²) >= 11 is 0. The summed E-state index contributed by atoms with van der Waals surface area (Å²) in [4.78, 5) is 4.57. The minimum atomic E-state index is 0.865. The first-order valence-electron chi connectivity index (χ1n) is 5.25. The third-order valence-corrected chi connectivity index (χ3v) is 2.65. The van der Waals surface area contributed by atoms with Gasteiger partial charge in [-0.2, -0.15) is 0 Å².